The molecule has 0 spiro atoms. The van der Waals surface area contributed by atoms with Gasteiger partial charge in [0.1, 0.15) is 30.9 Å². The quantitative estimate of drug-likeness (QED) is 0.696. The minimum absolute atomic E-state index is 0.439. The highest BCUT2D eigenvalue weighted by Gasteiger charge is 2.39. The van der Waals surface area contributed by atoms with Crippen LogP contribution in [0.4, 0.5) is 0 Å². The van der Waals surface area contributed by atoms with Crippen molar-refractivity contribution in [1.29, 1.82) is 0 Å². The van der Waals surface area contributed by atoms with Gasteiger partial charge in [0.05, 0.1) is 20.2 Å². The Kier molecular flexibility index (Phi) is 5.81. The maximum absolute atomic E-state index is 5.92. The lowest BCUT2D eigenvalue weighted by Gasteiger charge is -2.40. The van der Waals surface area contributed by atoms with Gasteiger partial charge in [0, 0.05) is 36.1 Å². The second-order valence-corrected chi connectivity index (χ2v) is 8.05. The molecule has 1 aromatic heterocycles. The number of pyridine rings is 1. The zero-order chi connectivity index (χ0) is 18.6. The highest BCUT2D eigenvalue weighted by molar-refractivity contribution is 6.29. The van der Waals surface area contributed by atoms with Crippen LogP contribution in [0, 0.1) is 5.92 Å². The number of rotatable bonds is 7. The summed E-state index contributed by atoms with van der Waals surface area (Å²) in [4.78, 5) is 5.87. The summed E-state index contributed by atoms with van der Waals surface area (Å²) in [7, 11) is 1.69. The Bertz CT molecular complexity index is 761. The van der Waals surface area contributed by atoms with Crippen molar-refractivity contribution in [1.82, 2.24) is 4.98 Å². The molecule has 0 aliphatic carbocycles. The van der Waals surface area contributed by atoms with E-state index in [1.54, 1.807) is 24.3 Å². The van der Waals surface area contributed by atoms with Crippen molar-refractivity contribution in [2.24, 2.45) is 5.92 Å². The molecule has 0 unspecified atom stereocenters. The standard InChI is InChI=1S/C21H26ClN3O2/c1-26-20-10-15(11-23-18-13-25-8-6-17(18)7-9-25)2-4-19(20)27-14-16-3-5-21(22)24-12-16/h2-5,10,12,17-18,23H,6-9,11,13-14H2,1H3/p+2/t18-/m0/s1. The topological polar surface area (TPSA) is 52.4 Å². The molecular formula is C21H28ClN3O2+2. The van der Waals surface area contributed by atoms with E-state index in [9.17, 15) is 0 Å². The van der Waals surface area contributed by atoms with Crippen molar-refractivity contribution in [3.63, 3.8) is 0 Å². The molecule has 3 saturated heterocycles. The Hall–Kier alpha value is -1.82. The van der Waals surface area contributed by atoms with Gasteiger partial charge in [-0.05, 0) is 24.3 Å². The molecule has 3 aliphatic heterocycles. The smallest absolute Gasteiger partial charge is 0.161 e. The molecule has 1 atom stereocenters. The summed E-state index contributed by atoms with van der Waals surface area (Å²) in [6.45, 7) is 5.49. The average Bonchev–Trinajstić information content (AvgIpc) is 2.73. The molecule has 144 valence electrons. The van der Waals surface area contributed by atoms with Crippen LogP contribution >= 0.6 is 11.6 Å². The number of nitrogens with two attached hydrogens (primary N) is 1. The SMILES string of the molecule is COc1cc(C[NH2+][C@H]2C[NH+]3CCC2CC3)ccc1OCc1ccc(Cl)nc1. The van der Waals surface area contributed by atoms with Gasteiger partial charge in [-0.25, -0.2) is 4.98 Å². The van der Waals surface area contributed by atoms with E-state index in [4.69, 9.17) is 21.1 Å². The third kappa shape index (κ3) is 4.54. The summed E-state index contributed by atoms with van der Waals surface area (Å²) < 4.78 is 11.5. The monoisotopic (exact) mass is 389 g/mol. The first-order valence-corrected chi connectivity index (χ1v) is 10.2. The van der Waals surface area contributed by atoms with Crippen molar-refractivity contribution in [2.75, 3.05) is 26.7 Å². The highest BCUT2D eigenvalue weighted by Crippen LogP contribution is 2.28. The van der Waals surface area contributed by atoms with Gasteiger partial charge in [-0.15, -0.1) is 0 Å². The van der Waals surface area contributed by atoms with Crippen LogP contribution in [0.15, 0.2) is 36.5 Å². The Morgan fingerprint density at radius 2 is 1.96 bits per heavy atom. The fourth-order valence-electron chi connectivity index (χ4n) is 4.36. The van der Waals surface area contributed by atoms with Crippen molar-refractivity contribution in [2.45, 2.75) is 32.0 Å². The summed E-state index contributed by atoms with van der Waals surface area (Å²) in [6.07, 6.45) is 4.52. The van der Waals surface area contributed by atoms with Crippen LogP contribution in [-0.4, -0.2) is 37.8 Å². The third-order valence-electron chi connectivity index (χ3n) is 5.93. The summed E-state index contributed by atoms with van der Waals surface area (Å²) in [6, 6.07) is 10.7. The molecule has 3 fully saturated rings. The number of nitrogens with one attached hydrogen (secondary N) is 1. The van der Waals surface area contributed by atoms with Crippen LogP contribution in [-0.2, 0) is 13.2 Å². The molecule has 3 N–H and O–H groups in total. The Labute approximate surface area is 165 Å². The molecule has 2 aromatic rings. The molecule has 1 aromatic carbocycles. The van der Waals surface area contributed by atoms with Gasteiger partial charge in [0.2, 0.25) is 0 Å². The Morgan fingerprint density at radius 3 is 2.63 bits per heavy atom. The first-order chi connectivity index (χ1) is 13.2. The van der Waals surface area contributed by atoms with Gasteiger partial charge in [0.15, 0.2) is 11.5 Å². The molecular weight excluding hydrogens is 362 g/mol. The van der Waals surface area contributed by atoms with Crippen LogP contribution in [0.3, 0.4) is 0 Å². The van der Waals surface area contributed by atoms with Gasteiger partial charge in [-0.2, -0.15) is 0 Å². The normalized spacial score (nSPS) is 24.0. The number of benzene rings is 1. The minimum Gasteiger partial charge on any atom is -0.493 e. The zero-order valence-corrected chi connectivity index (χ0v) is 16.5. The molecule has 2 bridgehead atoms. The van der Waals surface area contributed by atoms with Crippen LogP contribution in [0.25, 0.3) is 0 Å². The van der Waals surface area contributed by atoms with Crippen LogP contribution in [0.2, 0.25) is 5.15 Å². The van der Waals surface area contributed by atoms with E-state index in [1.807, 2.05) is 12.1 Å². The number of halogens is 1. The second-order valence-electron chi connectivity index (χ2n) is 7.66. The average molecular weight is 390 g/mol. The minimum atomic E-state index is 0.439. The number of ether oxygens (including phenoxy) is 2. The van der Waals surface area contributed by atoms with Gasteiger partial charge in [0.25, 0.3) is 0 Å². The number of fused-ring (bicyclic) bond motifs is 3. The number of hydrogen-bond donors (Lipinski definition) is 2. The lowest BCUT2D eigenvalue weighted by molar-refractivity contribution is -0.943. The van der Waals surface area contributed by atoms with Crippen molar-refractivity contribution < 1.29 is 19.7 Å². The molecule has 27 heavy (non-hydrogen) atoms. The predicted molar refractivity (Wildman–Crippen MR) is 104 cm³/mol. The van der Waals surface area contributed by atoms with Crippen molar-refractivity contribution in [3.05, 3.63) is 52.8 Å². The molecule has 0 radical (unpaired) electrons. The first-order valence-electron chi connectivity index (χ1n) is 9.78. The van der Waals surface area contributed by atoms with Gasteiger partial charge in [-0.3, -0.25) is 0 Å². The van der Waals surface area contributed by atoms with E-state index < -0.39 is 0 Å². The molecule has 5 rings (SSSR count). The number of aromatic nitrogens is 1. The summed E-state index contributed by atoms with van der Waals surface area (Å²) >= 11 is 5.82. The Morgan fingerprint density at radius 1 is 1.15 bits per heavy atom. The molecule has 0 saturated carbocycles. The predicted octanol–water partition coefficient (Wildman–Crippen LogP) is 1.06. The summed E-state index contributed by atoms with van der Waals surface area (Å²) in [5.74, 6) is 2.44. The maximum Gasteiger partial charge on any atom is 0.161 e. The first kappa shape index (κ1) is 18.5. The molecule has 4 heterocycles. The lowest BCUT2D eigenvalue weighted by atomic mass is 9.84. The van der Waals surface area contributed by atoms with Gasteiger partial charge in [-0.1, -0.05) is 17.7 Å². The van der Waals surface area contributed by atoms with E-state index in [1.165, 1.54) is 38.0 Å². The van der Waals surface area contributed by atoms with Crippen LogP contribution in [0.1, 0.15) is 24.0 Å². The largest absolute Gasteiger partial charge is 0.493 e. The molecule has 5 nitrogen and oxygen atoms in total. The van der Waals surface area contributed by atoms with E-state index >= 15 is 0 Å². The number of hydrogen-bond acceptors (Lipinski definition) is 3. The fraction of sp³-hybridized carbons (Fsp3) is 0.476. The summed E-state index contributed by atoms with van der Waals surface area (Å²) in [5.41, 5.74) is 2.25. The molecule has 0 amide bonds. The summed E-state index contributed by atoms with van der Waals surface area (Å²) in [5, 5.41) is 3.01. The van der Waals surface area contributed by atoms with E-state index in [2.05, 4.69) is 22.4 Å². The molecule has 6 heteroatoms. The van der Waals surface area contributed by atoms with Gasteiger partial charge >= 0.3 is 0 Å². The number of methoxy groups -OCH3 is 1. The van der Waals surface area contributed by atoms with Crippen molar-refractivity contribution >= 4 is 11.6 Å². The number of piperidine rings is 3. The van der Waals surface area contributed by atoms with Crippen molar-refractivity contribution in [3.8, 4) is 11.5 Å². The van der Waals surface area contributed by atoms with Gasteiger partial charge < -0.3 is 19.7 Å². The number of quaternary nitrogens is 2. The maximum atomic E-state index is 5.92. The highest BCUT2D eigenvalue weighted by atomic mass is 35.5. The fourth-order valence-corrected chi connectivity index (χ4v) is 4.47. The lowest BCUT2D eigenvalue weighted by Crippen LogP contribution is -3.20. The zero-order valence-electron chi connectivity index (χ0n) is 15.8. The van der Waals surface area contributed by atoms with E-state index in [0.717, 1.165) is 35.6 Å². The van der Waals surface area contributed by atoms with E-state index in [0.29, 0.717) is 11.8 Å². The second kappa shape index (κ2) is 8.46. The van der Waals surface area contributed by atoms with Crippen LogP contribution in [0.5, 0.6) is 11.5 Å². The molecule has 3 aliphatic rings. The van der Waals surface area contributed by atoms with Crippen LogP contribution < -0.4 is 19.7 Å². The third-order valence-corrected chi connectivity index (χ3v) is 6.16. The Balaban J connectivity index is 1.35. The number of nitrogens with zero attached hydrogens (tertiary/aromatic N) is 1. The van der Waals surface area contributed by atoms with E-state index in [-0.39, 0.29) is 0 Å².